The summed E-state index contributed by atoms with van der Waals surface area (Å²) in [6.45, 7) is 1.41. The number of Topliss-reactive ketones (excluding diaryl/α,β-unsaturated/α-hetero) is 1. The van der Waals surface area contributed by atoms with Crippen molar-refractivity contribution in [2.24, 2.45) is 0 Å². The van der Waals surface area contributed by atoms with E-state index in [0.717, 1.165) is 11.1 Å². The molecule has 5 rings (SSSR count). The van der Waals surface area contributed by atoms with Gasteiger partial charge < -0.3 is 9.64 Å². The molecule has 0 N–H and O–H groups in total. The van der Waals surface area contributed by atoms with Gasteiger partial charge in [0.05, 0.1) is 10.8 Å². The van der Waals surface area contributed by atoms with Crippen LogP contribution in [0.1, 0.15) is 24.2 Å². The third-order valence-electron chi connectivity index (χ3n) is 6.05. The third-order valence-corrected chi connectivity index (χ3v) is 8.20. The molecule has 2 aromatic carbocycles. The lowest BCUT2D eigenvalue weighted by Gasteiger charge is -2.54. The molecule has 1 aromatic heterocycles. The van der Waals surface area contributed by atoms with Crippen molar-refractivity contribution in [3.05, 3.63) is 89.3 Å². The maximum atomic E-state index is 13.4. The van der Waals surface area contributed by atoms with Crippen LogP contribution in [0.2, 0.25) is 0 Å². The summed E-state index contributed by atoms with van der Waals surface area (Å²) in [5.41, 5.74) is 1.52. The zero-order chi connectivity index (χ0) is 24.5. The van der Waals surface area contributed by atoms with Crippen molar-refractivity contribution in [3.63, 3.8) is 0 Å². The molecule has 1 unspecified atom stereocenters. The van der Waals surface area contributed by atoms with E-state index in [2.05, 4.69) is 0 Å². The van der Waals surface area contributed by atoms with Crippen LogP contribution in [0.3, 0.4) is 0 Å². The normalized spacial score (nSPS) is 21.3. The molecule has 3 aromatic rings. The summed E-state index contributed by atoms with van der Waals surface area (Å²) in [5.74, 6) is -1.79. The quantitative estimate of drug-likeness (QED) is 0.288. The third kappa shape index (κ3) is 4.26. The zero-order valence-corrected chi connectivity index (χ0v) is 20.4. The molecule has 0 radical (unpaired) electrons. The number of fused-ring (bicyclic) bond motifs is 1. The number of thiophene rings is 1. The molecule has 178 valence electrons. The van der Waals surface area contributed by atoms with Gasteiger partial charge in [-0.15, -0.1) is 23.1 Å². The van der Waals surface area contributed by atoms with Crippen LogP contribution in [0.5, 0.6) is 0 Å². The molecule has 3 heterocycles. The Morgan fingerprint density at radius 2 is 1.60 bits per heavy atom. The molecule has 2 aliphatic rings. The van der Waals surface area contributed by atoms with E-state index in [4.69, 9.17) is 4.74 Å². The Morgan fingerprint density at radius 1 is 0.971 bits per heavy atom. The highest BCUT2D eigenvalue weighted by molar-refractivity contribution is 8.00. The highest BCUT2D eigenvalue weighted by Crippen LogP contribution is 2.42. The standard InChI is InChI=1S/C26H22N2O5S2/c1-16(29)27(20-13-8-14-34-20)22-24(31)28-21(19(30)15-35-25(22)28)26(32)33-23(17-9-4-2-5-10-17)18-11-6-3-7-12-18/h2-14,21-23,25H,15H2,1H3/t21?,22-,25+/m1/s1. The minimum atomic E-state index is -1.34. The first kappa shape index (κ1) is 23.3. The van der Waals surface area contributed by atoms with Crippen LogP contribution in [0.15, 0.2) is 78.2 Å². The van der Waals surface area contributed by atoms with E-state index >= 15 is 0 Å². The number of amides is 2. The van der Waals surface area contributed by atoms with Crippen LogP contribution >= 0.6 is 23.1 Å². The largest absolute Gasteiger partial charge is 0.451 e. The number of carbonyl (C=O) groups is 4. The van der Waals surface area contributed by atoms with Crippen LogP contribution in [0.4, 0.5) is 5.00 Å². The summed E-state index contributed by atoms with van der Waals surface area (Å²) < 4.78 is 5.91. The number of benzene rings is 2. The molecule has 9 heteroatoms. The topological polar surface area (TPSA) is 84.0 Å². The predicted octanol–water partition coefficient (Wildman–Crippen LogP) is 3.66. The van der Waals surface area contributed by atoms with Crippen molar-refractivity contribution in [1.82, 2.24) is 4.90 Å². The maximum absolute atomic E-state index is 13.4. The second-order valence-electron chi connectivity index (χ2n) is 8.24. The molecule has 3 atom stereocenters. The average Bonchev–Trinajstić information content (AvgIpc) is 3.40. The minimum absolute atomic E-state index is 0.0578. The van der Waals surface area contributed by atoms with E-state index in [1.54, 1.807) is 6.07 Å². The second-order valence-corrected chi connectivity index (χ2v) is 10.3. The number of rotatable bonds is 6. The highest BCUT2D eigenvalue weighted by atomic mass is 32.2. The first-order valence-electron chi connectivity index (χ1n) is 11.1. The lowest BCUT2D eigenvalue weighted by Crippen LogP contribution is -2.76. The van der Waals surface area contributed by atoms with Gasteiger partial charge in [0, 0.05) is 6.92 Å². The van der Waals surface area contributed by atoms with E-state index in [1.165, 1.54) is 39.8 Å². The Kier molecular flexibility index (Phi) is 6.44. The van der Waals surface area contributed by atoms with Crippen molar-refractivity contribution >= 4 is 51.7 Å². The minimum Gasteiger partial charge on any atom is -0.451 e. The molecule has 0 spiro atoms. The van der Waals surface area contributed by atoms with Gasteiger partial charge in [0.15, 0.2) is 17.9 Å². The summed E-state index contributed by atoms with van der Waals surface area (Å²) in [6.07, 6.45) is -0.724. The zero-order valence-electron chi connectivity index (χ0n) is 18.8. The maximum Gasteiger partial charge on any atom is 0.337 e. The first-order chi connectivity index (χ1) is 17.0. The van der Waals surface area contributed by atoms with Gasteiger partial charge in [0.25, 0.3) is 5.91 Å². The Balaban J connectivity index is 1.41. The molecule has 2 fully saturated rings. The number of nitrogens with zero attached hydrogens (tertiary/aromatic N) is 2. The van der Waals surface area contributed by atoms with Gasteiger partial charge in [-0.3, -0.25) is 19.3 Å². The van der Waals surface area contributed by atoms with Crippen LogP contribution in [-0.2, 0) is 23.9 Å². The molecule has 2 aliphatic heterocycles. The lowest BCUT2D eigenvalue weighted by atomic mass is 9.98. The fourth-order valence-electron chi connectivity index (χ4n) is 4.46. The first-order valence-corrected chi connectivity index (χ1v) is 13.0. The van der Waals surface area contributed by atoms with Crippen molar-refractivity contribution < 1.29 is 23.9 Å². The van der Waals surface area contributed by atoms with E-state index in [9.17, 15) is 19.2 Å². The van der Waals surface area contributed by atoms with E-state index in [0.29, 0.717) is 5.00 Å². The van der Waals surface area contributed by atoms with Gasteiger partial charge in [0.1, 0.15) is 11.4 Å². The number of hydrogen-bond acceptors (Lipinski definition) is 7. The molecular weight excluding hydrogens is 484 g/mol. The SMILES string of the molecule is CC(=O)N(c1cccs1)[C@@H]1C(=O)N2C(C(=O)OC(c3ccccc3)c3ccccc3)C(=O)CS[C@@H]12. The number of hydrogen-bond donors (Lipinski definition) is 0. The van der Waals surface area contributed by atoms with Gasteiger partial charge >= 0.3 is 5.97 Å². The van der Waals surface area contributed by atoms with E-state index < -0.39 is 35.4 Å². The molecule has 0 aliphatic carbocycles. The number of anilines is 1. The molecule has 35 heavy (non-hydrogen) atoms. The van der Waals surface area contributed by atoms with Gasteiger partial charge in [-0.2, -0.15) is 0 Å². The number of ketones is 1. The monoisotopic (exact) mass is 506 g/mol. The Morgan fingerprint density at radius 3 is 2.14 bits per heavy atom. The lowest BCUT2D eigenvalue weighted by molar-refractivity contribution is -0.169. The molecular formula is C26H22N2O5S2. The Labute approximate surface area is 210 Å². The Bertz CT molecular complexity index is 1210. The highest BCUT2D eigenvalue weighted by Gasteiger charge is 2.60. The summed E-state index contributed by atoms with van der Waals surface area (Å²) in [7, 11) is 0. The van der Waals surface area contributed by atoms with Crippen molar-refractivity contribution in [3.8, 4) is 0 Å². The summed E-state index contributed by atoms with van der Waals surface area (Å²) in [4.78, 5) is 54.7. The summed E-state index contributed by atoms with van der Waals surface area (Å²) in [6, 6.07) is 20.0. The fourth-order valence-corrected chi connectivity index (χ4v) is 6.57. The van der Waals surface area contributed by atoms with Gasteiger partial charge in [-0.1, -0.05) is 60.7 Å². The summed E-state index contributed by atoms with van der Waals surface area (Å²) >= 11 is 2.62. The van der Waals surface area contributed by atoms with Crippen molar-refractivity contribution in [2.75, 3.05) is 10.7 Å². The Hall–Kier alpha value is -3.43. The number of carbonyl (C=O) groups excluding carboxylic acids is 4. The molecule has 0 bridgehead atoms. The van der Waals surface area contributed by atoms with Crippen molar-refractivity contribution in [1.29, 1.82) is 0 Å². The second kappa shape index (κ2) is 9.67. The number of esters is 1. The van der Waals surface area contributed by atoms with E-state index in [-0.39, 0.29) is 17.4 Å². The number of β-lactam (4-membered cyclic amide) rings is 1. The van der Waals surface area contributed by atoms with Crippen LogP contribution < -0.4 is 4.90 Å². The number of ether oxygens (including phenoxy) is 1. The van der Waals surface area contributed by atoms with E-state index in [1.807, 2.05) is 72.1 Å². The van der Waals surface area contributed by atoms with Crippen LogP contribution in [0.25, 0.3) is 0 Å². The fraction of sp³-hybridized carbons (Fsp3) is 0.231. The molecule has 2 amide bonds. The van der Waals surface area contributed by atoms with Crippen molar-refractivity contribution in [2.45, 2.75) is 30.5 Å². The van der Waals surface area contributed by atoms with Gasteiger partial charge in [-0.05, 0) is 28.6 Å². The molecule has 2 saturated heterocycles. The number of thioether (sulfide) groups is 1. The summed E-state index contributed by atoms with van der Waals surface area (Å²) in [5, 5.41) is 1.98. The average molecular weight is 507 g/mol. The van der Waals surface area contributed by atoms with Gasteiger partial charge in [0.2, 0.25) is 5.91 Å². The predicted molar refractivity (Wildman–Crippen MR) is 134 cm³/mol. The van der Waals surface area contributed by atoms with Crippen LogP contribution in [0, 0.1) is 0 Å². The molecule has 0 saturated carbocycles. The smallest absolute Gasteiger partial charge is 0.337 e. The van der Waals surface area contributed by atoms with Gasteiger partial charge in [-0.25, -0.2) is 4.79 Å². The molecule has 7 nitrogen and oxygen atoms in total. The van der Waals surface area contributed by atoms with Crippen LogP contribution in [-0.4, -0.2) is 51.7 Å².